The Labute approximate surface area is 71.1 Å². The van der Waals surface area contributed by atoms with Crippen molar-refractivity contribution < 1.29 is 8.98 Å². The first-order valence-electron chi connectivity index (χ1n) is 3.86. The molecular weight excluding hydrogens is 150 g/mol. The lowest BCUT2D eigenvalue weighted by molar-refractivity contribution is -0.662. The number of rotatable bonds is 1. The van der Waals surface area contributed by atoms with Gasteiger partial charge in [-0.15, -0.1) is 0 Å². The summed E-state index contributed by atoms with van der Waals surface area (Å²) in [6, 6.07) is 10.0. The monoisotopic (exact) mass is 160 g/mol. The highest BCUT2D eigenvalue weighted by Crippen LogP contribution is 2.13. The van der Waals surface area contributed by atoms with Gasteiger partial charge in [-0.25, -0.2) is 0 Å². The van der Waals surface area contributed by atoms with E-state index >= 15 is 0 Å². The summed E-state index contributed by atoms with van der Waals surface area (Å²) in [5.41, 5.74) is 1.10. The van der Waals surface area contributed by atoms with Crippen molar-refractivity contribution in [1.29, 1.82) is 0 Å². The zero-order valence-corrected chi connectivity index (χ0v) is 6.90. The Hall–Kier alpha value is -1.57. The lowest BCUT2D eigenvalue weighted by Crippen LogP contribution is -2.26. The normalized spacial score (nSPS) is 10.1. The quantitative estimate of drug-likeness (QED) is 0.581. The molecule has 0 atom stereocenters. The SMILES string of the molecule is C[n+]1ccoc1-c1ccccc1. The fourth-order valence-corrected chi connectivity index (χ4v) is 1.19. The Morgan fingerprint density at radius 2 is 1.92 bits per heavy atom. The number of hydrogen-bond acceptors (Lipinski definition) is 1. The average molecular weight is 160 g/mol. The number of benzene rings is 1. The van der Waals surface area contributed by atoms with Crippen molar-refractivity contribution in [3.8, 4) is 11.5 Å². The number of oxazole rings is 1. The van der Waals surface area contributed by atoms with Gasteiger partial charge in [0.1, 0.15) is 7.05 Å². The van der Waals surface area contributed by atoms with Crippen LogP contribution >= 0.6 is 0 Å². The number of hydrogen-bond donors (Lipinski definition) is 0. The molecule has 0 unspecified atom stereocenters. The minimum atomic E-state index is 0.885. The molecule has 0 bridgehead atoms. The van der Waals surface area contributed by atoms with Crippen LogP contribution in [-0.2, 0) is 7.05 Å². The second-order valence-corrected chi connectivity index (χ2v) is 2.69. The number of nitrogens with zero attached hydrogens (tertiary/aromatic N) is 1. The van der Waals surface area contributed by atoms with Crippen molar-refractivity contribution >= 4 is 0 Å². The van der Waals surface area contributed by atoms with Crippen LogP contribution < -0.4 is 4.57 Å². The second kappa shape index (κ2) is 2.81. The van der Waals surface area contributed by atoms with Crippen molar-refractivity contribution in [2.75, 3.05) is 0 Å². The molecule has 0 aliphatic carbocycles. The maximum absolute atomic E-state index is 5.31. The van der Waals surface area contributed by atoms with Crippen molar-refractivity contribution in [2.45, 2.75) is 0 Å². The van der Waals surface area contributed by atoms with E-state index < -0.39 is 0 Å². The predicted octanol–water partition coefficient (Wildman–Crippen LogP) is 1.77. The average Bonchev–Trinajstić information content (AvgIpc) is 2.53. The minimum Gasteiger partial charge on any atom is -0.406 e. The van der Waals surface area contributed by atoms with Crippen LogP contribution in [0.3, 0.4) is 0 Å². The molecule has 2 heteroatoms. The predicted molar refractivity (Wildman–Crippen MR) is 45.3 cm³/mol. The molecule has 0 spiro atoms. The van der Waals surface area contributed by atoms with Gasteiger partial charge in [-0.1, -0.05) is 18.2 Å². The smallest absolute Gasteiger partial charge is 0.380 e. The maximum Gasteiger partial charge on any atom is 0.380 e. The molecule has 0 fully saturated rings. The van der Waals surface area contributed by atoms with Crippen LogP contribution in [-0.4, -0.2) is 0 Å². The Morgan fingerprint density at radius 1 is 1.17 bits per heavy atom. The van der Waals surface area contributed by atoms with Gasteiger partial charge in [0, 0.05) is 0 Å². The Bertz CT molecular complexity index is 364. The third-order valence-electron chi connectivity index (χ3n) is 1.81. The Morgan fingerprint density at radius 3 is 2.50 bits per heavy atom. The van der Waals surface area contributed by atoms with E-state index in [0.29, 0.717) is 0 Å². The summed E-state index contributed by atoms with van der Waals surface area (Å²) >= 11 is 0. The number of aryl methyl sites for hydroxylation is 1. The molecule has 0 saturated carbocycles. The van der Waals surface area contributed by atoms with E-state index in [1.54, 1.807) is 6.26 Å². The molecule has 0 aliphatic rings. The van der Waals surface area contributed by atoms with Crippen molar-refractivity contribution in [3.05, 3.63) is 42.8 Å². The van der Waals surface area contributed by atoms with Crippen molar-refractivity contribution in [2.24, 2.45) is 7.05 Å². The van der Waals surface area contributed by atoms with Crippen molar-refractivity contribution in [1.82, 2.24) is 0 Å². The van der Waals surface area contributed by atoms with E-state index in [2.05, 4.69) is 0 Å². The summed E-state index contributed by atoms with van der Waals surface area (Å²) in [5, 5.41) is 0. The summed E-state index contributed by atoms with van der Waals surface area (Å²) in [6.07, 6.45) is 3.57. The topological polar surface area (TPSA) is 17.0 Å². The highest BCUT2D eigenvalue weighted by atomic mass is 16.3. The van der Waals surface area contributed by atoms with Crippen LogP contribution in [0.2, 0.25) is 0 Å². The molecule has 12 heavy (non-hydrogen) atoms. The van der Waals surface area contributed by atoms with E-state index in [1.807, 2.05) is 48.1 Å². The van der Waals surface area contributed by atoms with Gasteiger partial charge >= 0.3 is 5.89 Å². The molecule has 0 saturated heterocycles. The first-order valence-corrected chi connectivity index (χ1v) is 3.86. The molecule has 0 amide bonds. The van der Waals surface area contributed by atoms with Gasteiger partial charge in [0.15, 0.2) is 6.26 Å². The van der Waals surface area contributed by atoms with Gasteiger partial charge in [0.05, 0.1) is 5.56 Å². The largest absolute Gasteiger partial charge is 0.406 e. The second-order valence-electron chi connectivity index (χ2n) is 2.69. The highest BCUT2D eigenvalue weighted by molar-refractivity contribution is 5.49. The molecule has 1 aromatic carbocycles. The minimum absolute atomic E-state index is 0.885. The maximum atomic E-state index is 5.31. The standard InChI is InChI=1S/C10H10NO/c1-11-7-8-12-10(11)9-5-3-2-4-6-9/h2-8H,1H3/q+1. The summed E-state index contributed by atoms with van der Waals surface area (Å²) < 4.78 is 7.27. The zero-order valence-electron chi connectivity index (χ0n) is 6.90. The summed E-state index contributed by atoms with van der Waals surface area (Å²) in [6.45, 7) is 0. The first kappa shape index (κ1) is 7.10. The molecule has 1 aromatic heterocycles. The molecule has 60 valence electrons. The van der Waals surface area contributed by atoms with Gasteiger partial charge < -0.3 is 4.42 Å². The van der Waals surface area contributed by atoms with E-state index in [4.69, 9.17) is 4.42 Å². The summed E-state index contributed by atoms with van der Waals surface area (Å²) in [7, 11) is 1.96. The van der Waals surface area contributed by atoms with Crippen LogP contribution in [0.15, 0.2) is 47.2 Å². The molecule has 0 N–H and O–H groups in total. The molecular formula is C10H10NO+. The van der Waals surface area contributed by atoms with E-state index in [0.717, 1.165) is 11.5 Å². The van der Waals surface area contributed by atoms with Gasteiger partial charge in [-0.2, -0.15) is 4.57 Å². The van der Waals surface area contributed by atoms with Gasteiger partial charge in [-0.05, 0) is 12.1 Å². The highest BCUT2D eigenvalue weighted by Gasteiger charge is 2.11. The van der Waals surface area contributed by atoms with E-state index in [-0.39, 0.29) is 0 Å². The third-order valence-corrected chi connectivity index (χ3v) is 1.81. The van der Waals surface area contributed by atoms with Gasteiger partial charge in [0.25, 0.3) is 0 Å². The molecule has 0 aliphatic heterocycles. The van der Waals surface area contributed by atoms with E-state index in [9.17, 15) is 0 Å². The van der Waals surface area contributed by atoms with Crippen LogP contribution in [0, 0.1) is 0 Å². The molecule has 2 nitrogen and oxygen atoms in total. The zero-order chi connectivity index (χ0) is 8.39. The van der Waals surface area contributed by atoms with Gasteiger partial charge in [0.2, 0.25) is 6.20 Å². The van der Waals surface area contributed by atoms with Crippen LogP contribution in [0.4, 0.5) is 0 Å². The van der Waals surface area contributed by atoms with Crippen molar-refractivity contribution in [3.63, 3.8) is 0 Å². The van der Waals surface area contributed by atoms with Crippen LogP contribution in [0.1, 0.15) is 0 Å². The fourth-order valence-electron chi connectivity index (χ4n) is 1.19. The molecule has 1 heterocycles. The molecule has 2 aromatic rings. The lowest BCUT2D eigenvalue weighted by Gasteiger charge is -1.90. The first-order chi connectivity index (χ1) is 5.88. The lowest BCUT2D eigenvalue weighted by atomic mass is 10.2. The third kappa shape index (κ3) is 1.11. The Kier molecular flexibility index (Phi) is 1.67. The van der Waals surface area contributed by atoms with Crippen LogP contribution in [0.25, 0.3) is 11.5 Å². The fraction of sp³-hybridized carbons (Fsp3) is 0.100. The van der Waals surface area contributed by atoms with E-state index in [1.165, 1.54) is 0 Å². The van der Waals surface area contributed by atoms with Crippen LogP contribution in [0.5, 0.6) is 0 Å². The summed E-state index contributed by atoms with van der Waals surface area (Å²) in [4.78, 5) is 0. The summed E-state index contributed by atoms with van der Waals surface area (Å²) in [5.74, 6) is 0.885. The number of aromatic nitrogens is 1. The molecule has 0 radical (unpaired) electrons. The molecule has 2 rings (SSSR count). The Balaban J connectivity index is 2.51. The van der Waals surface area contributed by atoms with Gasteiger partial charge in [-0.3, -0.25) is 0 Å².